The Kier molecular flexibility index (Phi) is 4.73. The van der Waals surface area contributed by atoms with Gasteiger partial charge in [0.15, 0.2) is 16.0 Å². The van der Waals surface area contributed by atoms with E-state index < -0.39 is 0 Å². The minimum Gasteiger partial charge on any atom is -0.332 e. The standard InChI is InChI=1S/C17H19N3OS2/c1-10-6-7-14-15(8-10)23-17(19-14)20-16(22)18-13-5-3-4-12(9-13)11(2)21/h3-5,9-10H,6-8H2,1-2H3,(H2,18,19,20,22). The number of hydrogen-bond acceptors (Lipinski definition) is 4. The van der Waals surface area contributed by atoms with E-state index in [4.69, 9.17) is 12.2 Å². The van der Waals surface area contributed by atoms with Gasteiger partial charge in [-0.1, -0.05) is 19.1 Å². The van der Waals surface area contributed by atoms with Crippen molar-refractivity contribution in [3.05, 3.63) is 40.4 Å². The highest BCUT2D eigenvalue weighted by Crippen LogP contribution is 2.32. The molecule has 6 heteroatoms. The predicted octanol–water partition coefficient (Wildman–Crippen LogP) is 4.28. The second-order valence-corrected chi connectivity index (χ2v) is 7.44. The Morgan fingerprint density at radius 3 is 3.00 bits per heavy atom. The van der Waals surface area contributed by atoms with Crippen molar-refractivity contribution < 1.29 is 4.79 Å². The Morgan fingerprint density at radius 1 is 1.39 bits per heavy atom. The zero-order valence-corrected chi connectivity index (χ0v) is 14.8. The first-order chi connectivity index (χ1) is 11.0. The zero-order valence-electron chi connectivity index (χ0n) is 13.2. The maximum absolute atomic E-state index is 11.4. The second kappa shape index (κ2) is 6.76. The number of benzene rings is 1. The van der Waals surface area contributed by atoms with Gasteiger partial charge in [-0.05, 0) is 56.5 Å². The molecule has 3 rings (SSSR count). The fourth-order valence-corrected chi connectivity index (χ4v) is 4.12. The third kappa shape index (κ3) is 3.95. The second-order valence-electron chi connectivity index (χ2n) is 5.95. The molecule has 1 atom stereocenters. The minimum absolute atomic E-state index is 0.0363. The SMILES string of the molecule is CC(=O)c1cccc(NC(=S)Nc2nc3c(s2)CC(C)CC3)c1. The number of Topliss-reactive ketones (excluding diaryl/α,β-unsaturated/α-hetero) is 1. The Bertz CT molecular complexity index is 754. The number of thiazole rings is 1. The van der Waals surface area contributed by atoms with Crippen molar-refractivity contribution in [1.29, 1.82) is 0 Å². The van der Waals surface area contributed by atoms with E-state index in [9.17, 15) is 4.79 Å². The number of hydrogen-bond donors (Lipinski definition) is 2. The van der Waals surface area contributed by atoms with Crippen molar-refractivity contribution in [2.45, 2.75) is 33.1 Å². The van der Waals surface area contributed by atoms with E-state index in [0.717, 1.165) is 29.6 Å². The first-order valence-electron chi connectivity index (χ1n) is 7.69. The number of carbonyl (C=O) groups excluding carboxylic acids is 1. The molecule has 1 unspecified atom stereocenters. The average Bonchev–Trinajstić information content (AvgIpc) is 2.88. The van der Waals surface area contributed by atoms with Gasteiger partial charge in [-0.3, -0.25) is 4.79 Å². The van der Waals surface area contributed by atoms with Gasteiger partial charge in [0.1, 0.15) is 0 Å². The van der Waals surface area contributed by atoms with Crippen LogP contribution in [0.25, 0.3) is 0 Å². The number of carbonyl (C=O) groups is 1. The monoisotopic (exact) mass is 345 g/mol. The van der Waals surface area contributed by atoms with Crippen molar-refractivity contribution in [1.82, 2.24) is 4.98 Å². The van der Waals surface area contributed by atoms with E-state index in [1.165, 1.54) is 17.0 Å². The third-order valence-electron chi connectivity index (χ3n) is 3.93. The molecule has 0 bridgehead atoms. The number of ketones is 1. The van der Waals surface area contributed by atoms with Crippen molar-refractivity contribution in [3.8, 4) is 0 Å². The molecule has 1 aromatic heterocycles. The summed E-state index contributed by atoms with van der Waals surface area (Å²) in [7, 11) is 0. The van der Waals surface area contributed by atoms with E-state index in [0.29, 0.717) is 10.7 Å². The summed E-state index contributed by atoms with van der Waals surface area (Å²) in [4.78, 5) is 17.4. The largest absolute Gasteiger partial charge is 0.332 e. The molecule has 0 fully saturated rings. The van der Waals surface area contributed by atoms with Gasteiger partial charge in [-0.15, -0.1) is 11.3 Å². The van der Waals surface area contributed by atoms with Crippen LogP contribution in [-0.2, 0) is 12.8 Å². The highest BCUT2D eigenvalue weighted by molar-refractivity contribution is 7.80. The van der Waals surface area contributed by atoms with Gasteiger partial charge < -0.3 is 10.6 Å². The molecule has 2 N–H and O–H groups in total. The highest BCUT2D eigenvalue weighted by Gasteiger charge is 2.20. The van der Waals surface area contributed by atoms with Crippen molar-refractivity contribution in [2.24, 2.45) is 5.92 Å². The Morgan fingerprint density at radius 2 is 2.22 bits per heavy atom. The fraction of sp³-hybridized carbons (Fsp3) is 0.353. The van der Waals surface area contributed by atoms with E-state index in [-0.39, 0.29) is 5.78 Å². The van der Waals surface area contributed by atoms with Gasteiger partial charge in [0, 0.05) is 16.1 Å². The Hall–Kier alpha value is -1.79. The fourth-order valence-electron chi connectivity index (χ4n) is 2.67. The number of nitrogens with one attached hydrogen (secondary N) is 2. The van der Waals surface area contributed by atoms with Gasteiger partial charge in [-0.25, -0.2) is 4.98 Å². The zero-order chi connectivity index (χ0) is 16.4. The third-order valence-corrected chi connectivity index (χ3v) is 5.17. The summed E-state index contributed by atoms with van der Waals surface area (Å²) in [5.41, 5.74) is 2.67. The normalized spacial score (nSPS) is 16.5. The highest BCUT2D eigenvalue weighted by atomic mass is 32.1. The summed E-state index contributed by atoms with van der Waals surface area (Å²) in [5.74, 6) is 0.768. The number of nitrogens with zero attached hydrogens (tertiary/aromatic N) is 1. The first kappa shape index (κ1) is 16.1. The summed E-state index contributed by atoms with van der Waals surface area (Å²) in [5, 5.41) is 7.59. The number of anilines is 2. The Balaban J connectivity index is 1.66. The van der Waals surface area contributed by atoms with Crippen LogP contribution in [0.4, 0.5) is 10.8 Å². The summed E-state index contributed by atoms with van der Waals surface area (Å²) < 4.78 is 0. The maximum Gasteiger partial charge on any atom is 0.189 e. The van der Waals surface area contributed by atoms with Crippen LogP contribution >= 0.6 is 23.6 Å². The van der Waals surface area contributed by atoms with E-state index >= 15 is 0 Å². The minimum atomic E-state index is 0.0363. The molecule has 0 radical (unpaired) electrons. The molecule has 0 spiro atoms. The summed E-state index contributed by atoms with van der Waals surface area (Å²) in [6, 6.07) is 7.31. The topological polar surface area (TPSA) is 54.0 Å². The Labute approximate surface area is 145 Å². The van der Waals surface area contributed by atoms with Gasteiger partial charge in [0.2, 0.25) is 0 Å². The van der Waals surface area contributed by atoms with Crippen molar-refractivity contribution in [3.63, 3.8) is 0 Å². The molecule has 1 aliphatic rings. The van der Waals surface area contributed by atoms with Gasteiger partial charge >= 0.3 is 0 Å². The van der Waals surface area contributed by atoms with Crippen LogP contribution < -0.4 is 10.6 Å². The van der Waals surface area contributed by atoms with Gasteiger partial charge in [-0.2, -0.15) is 0 Å². The van der Waals surface area contributed by atoms with Crippen LogP contribution in [0.5, 0.6) is 0 Å². The van der Waals surface area contributed by atoms with E-state index in [2.05, 4.69) is 22.5 Å². The molecular formula is C17H19N3OS2. The van der Waals surface area contributed by atoms with E-state index in [1.54, 1.807) is 30.4 Å². The number of aromatic nitrogens is 1. The first-order valence-corrected chi connectivity index (χ1v) is 8.91. The van der Waals surface area contributed by atoms with Crippen molar-refractivity contribution in [2.75, 3.05) is 10.6 Å². The molecule has 0 aliphatic heterocycles. The lowest BCUT2D eigenvalue weighted by molar-refractivity contribution is 0.101. The summed E-state index contributed by atoms with van der Waals surface area (Å²) >= 11 is 7.03. The quantitative estimate of drug-likeness (QED) is 0.642. The van der Waals surface area contributed by atoms with Crippen LogP contribution in [-0.4, -0.2) is 15.9 Å². The van der Waals surface area contributed by atoms with Crippen LogP contribution in [0, 0.1) is 5.92 Å². The lowest BCUT2D eigenvalue weighted by atomic mass is 9.93. The maximum atomic E-state index is 11.4. The molecule has 0 amide bonds. The van der Waals surface area contributed by atoms with Crippen LogP contribution in [0.15, 0.2) is 24.3 Å². The lowest BCUT2D eigenvalue weighted by Crippen LogP contribution is -2.19. The number of fused-ring (bicyclic) bond motifs is 1. The van der Waals surface area contributed by atoms with Crippen LogP contribution in [0.1, 0.15) is 41.2 Å². The number of thiocarbonyl (C=S) groups is 1. The molecule has 120 valence electrons. The smallest absolute Gasteiger partial charge is 0.189 e. The molecule has 23 heavy (non-hydrogen) atoms. The average molecular weight is 345 g/mol. The molecule has 1 aromatic carbocycles. The predicted molar refractivity (Wildman–Crippen MR) is 99.6 cm³/mol. The summed E-state index contributed by atoms with van der Waals surface area (Å²) in [6.45, 7) is 3.83. The van der Waals surface area contributed by atoms with Crippen LogP contribution in [0.3, 0.4) is 0 Å². The lowest BCUT2D eigenvalue weighted by Gasteiger charge is -2.15. The molecule has 1 aliphatic carbocycles. The molecule has 2 aromatic rings. The number of aryl methyl sites for hydroxylation is 1. The molecule has 0 saturated heterocycles. The molecular weight excluding hydrogens is 326 g/mol. The molecule has 1 heterocycles. The van der Waals surface area contributed by atoms with Gasteiger partial charge in [0.25, 0.3) is 0 Å². The summed E-state index contributed by atoms with van der Waals surface area (Å²) in [6.07, 6.45) is 3.36. The molecule has 4 nitrogen and oxygen atoms in total. The molecule has 0 saturated carbocycles. The number of rotatable bonds is 3. The van der Waals surface area contributed by atoms with E-state index in [1.807, 2.05) is 12.1 Å². The van der Waals surface area contributed by atoms with Crippen LogP contribution in [0.2, 0.25) is 0 Å². The van der Waals surface area contributed by atoms with Crippen molar-refractivity contribution >= 4 is 45.3 Å². The van der Waals surface area contributed by atoms with Gasteiger partial charge in [0.05, 0.1) is 5.69 Å².